The molecule has 0 bridgehead atoms. The first kappa shape index (κ1) is 21.6. The second-order valence-electron chi connectivity index (χ2n) is 6.97. The number of benzene rings is 2. The molecule has 0 atom stereocenters. The first-order valence-corrected chi connectivity index (χ1v) is 8.78. The van der Waals surface area contributed by atoms with Crippen molar-refractivity contribution in [2.24, 2.45) is 17.4 Å². The molecule has 0 saturated heterocycles. The number of rotatable bonds is 5. The van der Waals surface area contributed by atoms with Crippen LogP contribution in [0.25, 0.3) is 21.9 Å². The summed E-state index contributed by atoms with van der Waals surface area (Å²) in [6.07, 6.45) is 0. The summed E-state index contributed by atoms with van der Waals surface area (Å²) in [7, 11) is 0. The van der Waals surface area contributed by atoms with Crippen LogP contribution in [0.2, 0.25) is 0 Å². The van der Waals surface area contributed by atoms with Gasteiger partial charge in [0, 0.05) is 35.3 Å². The van der Waals surface area contributed by atoms with Crippen molar-refractivity contribution in [3.8, 4) is 11.1 Å². The standard InChI is InChI=1S/C21H22FN3O2.ClH/c1-12(2)11-25-18(10-23)19(13-3-6-15(22)7-4-13)17-9-14(20(24)26)5-8-16(17)21(25)27;/h3-9,12H,10-11,23H2,1-2H3,(H2,24,26);1H. The molecule has 1 heterocycles. The predicted octanol–water partition coefficient (Wildman–Crippen LogP) is 3.44. The molecule has 4 N–H and O–H groups in total. The van der Waals surface area contributed by atoms with Gasteiger partial charge in [0.05, 0.1) is 0 Å². The van der Waals surface area contributed by atoms with Crippen LogP contribution in [0.3, 0.4) is 0 Å². The zero-order chi connectivity index (χ0) is 19.7. The van der Waals surface area contributed by atoms with Crippen molar-refractivity contribution in [1.29, 1.82) is 0 Å². The topological polar surface area (TPSA) is 91.1 Å². The van der Waals surface area contributed by atoms with Gasteiger partial charge in [-0.1, -0.05) is 26.0 Å². The highest BCUT2D eigenvalue weighted by Crippen LogP contribution is 2.32. The van der Waals surface area contributed by atoms with Crippen LogP contribution < -0.4 is 17.0 Å². The molecule has 2 aromatic carbocycles. The Hall–Kier alpha value is -2.70. The molecule has 1 amide bonds. The van der Waals surface area contributed by atoms with Crippen molar-refractivity contribution < 1.29 is 9.18 Å². The second-order valence-corrected chi connectivity index (χ2v) is 6.97. The van der Waals surface area contributed by atoms with Crippen molar-refractivity contribution in [2.45, 2.75) is 26.9 Å². The Balaban J connectivity index is 0.00000280. The average molecular weight is 404 g/mol. The van der Waals surface area contributed by atoms with Crippen LogP contribution in [0, 0.1) is 11.7 Å². The van der Waals surface area contributed by atoms with E-state index in [4.69, 9.17) is 11.5 Å². The average Bonchev–Trinajstić information content (AvgIpc) is 2.63. The Labute approximate surface area is 168 Å². The predicted molar refractivity (Wildman–Crippen MR) is 112 cm³/mol. The first-order valence-electron chi connectivity index (χ1n) is 8.78. The van der Waals surface area contributed by atoms with Crippen molar-refractivity contribution in [3.63, 3.8) is 0 Å². The van der Waals surface area contributed by atoms with Crippen LogP contribution in [-0.4, -0.2) is 10.5 Å². The quantitative estimate of drug-likeness (QED) is 0.683. The molecule has 0 saturated carbocycles. The minimum Gasteiger partial charge on any atom is -0.366 e. The van der Waals surface area contributed by atoms with E-state index in [2.05, 4.69) is 0 Å². The molecule has 3 aromatic rings. The fourth-order valence-electron chi connectivity index (χ4n) is 3.36. The Morgan fingerprint density at radius 1 is 1.11 bits per heavy atom. The molecule has 5 nitrogen and oxygen atoms in total. The number of nitrogens with two attached hydrogens (primary N) is 2. The number of aromatic nitrogens is 1. The molecule has 7 heteroatoms. The fourth-order valence-corrected chi connectivity index (χ4v) is 3.36. The minimum absolute atomic E-state index is 0. The monoisotopic (exact) mass is 403 g/mol. The zero-order valence-electron chi connectivity index (χ0n) is 15.7. The summed E-state index contributed by atoms with van der Waals surface area (Å²) in [6, 6.07) is 10.8. The van der Waals surface area contributed by atoms with Crippen molar-refractivity contribution >= 4 is 29.1 Å². The number of hydrogen-bond donors (Lipinski definition) is 2. The maximum absolute atomic E-state index is 13.4. The third-order valence-electron chi connectivity index (χ3n) is 4.54. The van der Waals surface area contributed by atoms with Crippen LogP contribution >= 0.6 is 12.4 Å². The van der Waals surface area contributed by atoms with E-state index >= 15 is 0 Å². The van der Waals surface area contributed by atoms with E-state index in [0.717, 1.165) is 11.1 Å². The van der Waals surface area contributed by atoms with Gasteiger partial charge in [0.25, 0.3) is 5.56 Å². The van der Waals surface area contributed by atoms with Crippen molar-refractivity contribution in [1.82, 2.24) is 4.57 Å². The molecule has 0 fully saturated rings. The molecule has 0 unspecified atom stereocenters. The highest BCUT2D eigenvalue weighted by Gasteiger charge is 2.19. The SMILES string of the molecule is CC(C)Cn1c(CN)c(-c2ccc(F)cc2)c2cc(C(N)=O)ccc2c1=O.Cl. The van der Waals surface area contributed by atoms with Crippen LogP contribution in [-0.2, 0) is 13.1 Å². The molecule has 0 aliphatic carbocycles. The van der Waals surface area contributed by atoms with Gasteiger partial charge in [-0.15, -0.1) is 12.4 Å². The van der Waals surface area contributed by atoms with E-state index in [1.54, 1.807) is 34.9 Å². The third kappa shape index (κ3) is 3.93. The number of primary amides is 1. The number of pyridine rings is 1. The second kappa shape index (κ2) is 8.54. The molecule has 3 rings (SSSR count). The minimum atomic E-state index is -0.581. The van der Waals surface area contributed by atoms with Gasteiger partial charge in [-0.2, -0.15) is 0 Å². The Bertz CT molecular complexity index is 1080. The molecule has 1 aromatic heterocycles. The lowest BCUT2D eigenvalue weighted by Crippen LogP contribution is -2.28. The number of carbonyl (C=O) groups excluding carboxylic acids is 1. The van der Waals surface area contributed by atoms with E-state index in [1.807, 2.05) is 13.8 Å². The molecule has 0 radical (unpaired) electrons. The van der Waals surface area contributed by atoms with Gasteiger partial charge >= 0.3 is 0 Å². The molecule has 148 valence electrons. The van der Waals surface area contributed by atoms with Crippen molar-refractivity contribution in [2.75, 3.05) is 0 Å². The molecule has 0 spiro atoms. The van der Waals surface area contributed by atoms with Crippen LogP contribution in [0.1, 0.15) is 29.9 Å². The highest BCUT2D eigenvalue weighted by atomic mass is 35.5. The number of carbonyl (C=O) groups is 1. The van der Waals surface area contributed by atoms with Crippen LogP contribution in [0.4, 0.5) is 4.39 Å². The fraction of sp³-hybridized carbons (Fsp3) is 0.238. The summed E-state index contributed by atoms with van der Waals surface area (Å²) in [5, 5.41) is 1.06. The Kier molecular flexibility index (Phi) is 6.59. The molecule has 0 aliphatic rings. The lowest BCUT2D eigenvalue weighted by Gasteiger charge is -2.21. The molecule has 28 heavy (non-hydrogen) atoms. The summed E-state index contributed by atoms with van der Waals surface area (Å²) in [5.41, 5.74) is 13.7. The molecule has 0 aliphatic heterocycles. The van der Waals surface area contributed by atoms with Gasteiger partial charge in [0.1, 0.15) is 5.82 Å². The number of fused-ring (bicyclic) bond motifs is 1. The van der Waals surface area contributed by atoms with E-state index in [0.29, 0.717) is 28.6 Å². The molecular weight excluding hydrogens is 381 g/mol. The zero-order valence-corrected chi connectivity index (χ0v) is 16.6. The highest BCUT2D eigenvalue weighted by molar-refractivity contribution is 6.03. The van der Waals surface area contributed by atoms with Gasteiger partial charge < -0.3 is 16.0 Å². The van der Waals surface area contributed by atoms with Gasteiger partial charge in [-0.25, -0.2) is 4.39 Å². The number of halogens is 2. The number of hydrogen-bond acceptors (Lipinski definition) is 3. The smallest absolute Gasteiger partial charge is 0.258 e. The van der Waals surface area contributed by atoms with Crippen LogP contribution in [0.5, 0.6) is 0 Å². The van der Waals surface area contributed by atoms with Crippen LogP contribution in [0.15, 0.2) is 47.3 Å². The maximum Gasteiger partial charge on any atom is 0.258 e. The van der Waals surface area contributed by atoms with E-state index in [1.165, 1.54) is 12.1 Å². The van der Waals surface area contributed by atoms with Gasteiger partial charge in [-0.3, -0.25) is 9.59 Å². The number of nitrogens with zero attached hydrogens (tertiary/aromatic N) is 1. The normalized spacial score (nSPS) is 10.9. The summed E-state index contributed by atoms with van der Waals surface area (Å²) in [5.74, 6) is -0.704. The van der Waals surface area contributed by atoms with E-state index < -0.39 is 5.91 Å². The van der Waals surface area contributed by atoms with Gasteiger partial charge in [0.15, 0.2) is 0 Å². The molecular formula is C21H23ClFN3O2. The van der Waals surface area contributed by atoms with E-state index in [-0.39, 0.29) is 36.2 Å². The van der Waals surface area contributed by atoms with Crippen molar-refractivity contribution in [3.05, 3.63) is 69.9 Å². The van der Waals surface area contributed by atoms with Gasteiger partial charge in [0.2, 0.25) is 5.91 Å². The largest absolute Gasteiger partial charge is 0.366 e. The third-order valence-corrected chi connectivity index (χ3v) is 4.54. The maximum atomic E-state index is 13.4. The number of amides is 1. The summed E-state index contributed by atoms with van der Waals surface area (Å²) >= 11 is 0. The Morgan fingerprint density at radius 2 is 1.75 bits per heavy atom. The lowest BCUT2D eigenvalue weighted by atomic mass is 9.94. The Morgan fingerprint density at radius 3 is 2.29 bits per heavy atom. The first-order chi connectivity index (χ1) is 12.8. The summed E-state index contributed by atoms with van der Waals surface area (Å²) in [6.45, 7) is 4.67. The lowest BCUT2D eigenvalue weighted by molar-refractivity contribution is 0.100. The van der Waals surface area contributed by atoms with E-state index in [9.17, 15) is 14.0 Å². The summed E-state index contributed by atoms with van der Waals surface area (Å²) in [4.78, 5) is 24.7. The van der Waals surface area contributed by atoms with Gasteiger partial charge in [-0.05, 0) is 47.2 Å². The summed E-state index contributed by atoms with van der Waals surface area (Å²) < 4.78 is 15.1.